The van der Waals surface area contributed by atoms with Crippen LogP contribution in [0.4, 0.5) is 0 Å². The molecule has 1 fully saturated rings. The zero-order valence-corrected chi connectivity index (χ0v) is 14.0. The number of amides is 1. The first-order chi connectivity index (χ1) is 11.2. The molecule has 23 heavy (non-hydrogen) atoms. The van der Waals surface area contributed by atoms with Gasteiger partial charge in [0.1, 0.15) is 5.82 Å². The molecule has 0 bridgehead atoms. The number of aryl methyl sites for hydroxylation is 2. The molecule has 1 aliphatic heterocycles. The predicted molar refractivity (Wildman–Crippen MR) is 91.3 cm³/mol. The third kappa shape index (κ3) is 3.46. The van der Waals surface area contributed by atoms with Crippen LogP contribution in [0, 0.1) is 6.92 Å². The van der Waals surface area contributed by atoms with Gasteiger partial charge in [-0.05, 0) is 37.8 Å². The van der Waals surface area contributed by atoms with Crippen LogP contribution in [-0.2, 0) is 17.8 Å². The number of benzene rings is 1. The highest BCUT2D eigenvalue weighted by atomic mass is 16.2. The Labute approximate surface area is 138 Å². The number of aromatic nitrogens is 2. The second-order valence-corrected chi connectivity index (χ2v) is 6.33. The summed E-state index contributed by atoms with van der Waals surface area (Å²) in [5.74, 6) is 1.91. The van der Waals surface area contributed by atoms with E-state index >= 15 is 0 Å². The van der Waals surface area contributed by atoms with Crippen molar-refractivity contribution in [2.24, 2.45) is 0 Å². The summed E-state index contributed by atoms with van der Waals surface area (Å²) in [6.45, 7) is 6.85. The Morgan fingerprint density at radius 3 is 2.70 bits per heavy atom. The van der Waals surface area contributed by atoms with Gasteiger partial charge in [-0.25, -0.2) is 4.98 Å². The van der Waals surface area contributed by atoms with Gasteiger partial charge in [-0.1, -0.05) is 24.3 Å². The summed E-state index contributed by atoms with van der Waals surface area (Å²) >= 11 is 0. The van der Waals surface area contributed by atoms with Crippen LogP contribution in [0.1, 0.15) is 42.6 Å². The van der Waals surface area contributed by atoms with Crippen molar-refractivity contribution in [2.45, 2.75) is 45.6 Å². The summed E-state index contributed by atoms with van der Waals surface area (Å²) in [4.78, 5) is 19.1. The number of hydrogen-bond donors (Lipinski definition) is 0. The van der Waals surface area contributed by atoms with E-state index in [2.05, 4.69) is 35.5 Å². The highest BCUT2D eigenvalue weighted by Crippen LogP contribution is 2.27. The highest BCUT2D eigenvalue weighted by molar-refractivity contribution is 5.79. The van der Waals surface area contributed by atoms with E-state index < -0.39 is 0 Å². The fourth-order valence-electron chi connectivity index (χ4n) is 3.42. The number of rotatable bonds is 4. The van der Waals surface area contributed by atoms with Gasteiger partial charge in [0.05, 0.1) is 6.42 Å². The third-order valence-electron chi connectivity index (χ3n) is 4.90. The van der Waals surface area contributed by atoms with Gasteiger partial charge in [-0.2, -0.15) is 0 Å². The predicted octanol–water partition coefficient (Wildman–Crippen LogP) is 3.16. The fraction of sp³-hybridized carbons (Fsp3) is 0.474. The van der Waals surface area contributed by atoms with Crippen molar-refractivity contribution in [3.63, 3.8) is 0 Å². The first kappa shape index (κ1) is 15.8. The molecule has 2 heterocycles. The van der Waals surface area contributed by atoms with Crippen LogP contribution in [0.15, 0.2) is 36.7 Å². The molecule has 4 nitrogen and oxygen atoms in total. The van der Waals surface area contributed by atoms with E-state index in [0.717, 1.165) is 38.0 Å². The van der Waals surface area contributed by atoms with E-state index in [1.807, 2.05) is 29.4 Å². The SMILES string of the molecule is CCn1ccnc1C1CCN(C(=O)Cc2ccccc2C)CC1. The molecule has 0 N–H and O–H groups in total. The summed E-state index contributed by atoms with van der Waals surface area (Å²) in [7, 11) is 0. The van der Waals surface area contributed by atoms with E-state index in [9.17, 15) is 4.79 Å². The maximum Gasteiger partial charge on any atom is 0.226 e. The van der Waals surface area contributed by atoms with Crippen molar-refractivity contribution in [2.75, 3.05) is 13.1 Å². The van der Waals surface area contributed by atoms with Crippen LogP contribution in [0.5, 0.6) is 0 Å². The standard InChI is InChI=1S/C19H25N3O/c1-3-21-13-10-20-19(21)16-8-11-22(12-9-16)18(23)14-17-7-5-4-6-15(17)2/h4-7,10,13,16H,3,8-9,11-12,14H2,1-2H3. The van der Waals surface area contributed by atoms with Gasteiger partial charge in [0.25, 0.3) is 0 Å². The fourth-order valence-corrected chi connectivity index (χ4v) is 3.42. The molecule has 0 unspecified atom stereocenters. The van der Waals surface area contributed by atoms with Gasteiger partial charge in [0.15, 0.2) is 0 Å². The van der Waals surface area contributed by atoms with Crippen LogP contribution in [0.2, 0.25) is 0 Å². The molecule has 0 spiro atoms. The van der Waals surface area contributed by atoms with E-state index in [0.29, 0.717) is 12.3 Å². The third-order valence-corrected chi connectivity index (χ3v) is 4.90. The Hall–Kier alpha value is -2.10. The summed E-state index contributed by atoms with van der Waals surface area (Å²) in [5, 5.41) is 0. The summed E-state index contributed by atoms with van der Waals surface area (Å²) < 4.78 is 2.22. The molecule has 0 saturated carbocycles. The zero-order chi connectivity index (χ0) is 16.2. The topological polar surface area (TPSA) is 38.1 Å². The lowest BCUT2D eigenvalue weighted by Gasteiger charge is -2.32. The minimum Gasteiger partial charge on any atom is -0.342 e. The van der Waals surface area contributed by atoms with Crippen molar-refractivity contribution in [3.05, 3.63) is 53.6 Å². The van der Waals surface area contributed by atoms with Crippen molar-refractivity contribution >= 4 is 5.91 Å². The first-order valence-corrected chi connectivity index (χ1v) is 8.52. The second kappa shape index (κ2) is 6.99. The molecule has 3 rings (SSSR count). The Morgan fingerprint density at radius 2 is 2.00 bits per heavy atom. The van der Waals surface area contributed by atoms with E-state index in [1.165, 1.54) is 11.4 Å². The Bertz CT molecular complexity index is 669. The largest absolute Gasteiger partial charge is 0.342 e. The number of piperidine rings is 1. The minimum atomic E-state index is 0.247. The zero-order valence-electron chi connectivity index (χ0n) is 14.0. The molecule has 2 aromatic rings. The van der Waals surface area contributed by atoms with Crippen LogP contribution < -0.4 is 0 Å². The maximum absolute atomic E-state index is 12.5. The molecule has 1 amide bonds. The minimum absolute atomic E-state index is 0.247. The molecule has 1 aliphatic rings. The molecule has 0 radical (unpaired) electrons. The first-order valence-electron chi connectivity index (χ1n) is 8.52. The molecule has 1 saturated heterocycles. The number of carbonyl (C=O) groups excluding carboxylic acids is 1. The maximum atomic E-state index is 12.5. The summed E-state index contributed by atoms with van der Waals surface area (Å²) in [6.07, 6.45) is 6.47. The average Bonchev–Trinajstić information content (AvgIpc) is 3.05. The van der Waals surface area contributed by atoms with Crippen molar-refractivity contribution < 1.29 is 4.79 Å². The van der Waals surface area contributed by atoms with E-state index in [4.69, 9.17) is 0 Å². The van der Waals surface area contributed by atoms with Gasteiger partial charge in [-0.15, -0.1) is 0 Å². The number of carbonyl (C=O) groups is 1. The smallest absolute Gasteiger partial charge is 0.226 e. The molecule has 0 aliphatic carbocycles. The van der Waals surface area contributed by atoms with E-state index in [-0.39, 0.29) is 5.91 Å². The van der Waals surface area contributed by atoms with Gasteiger partial charge in [0.2, 0.25) is 5.91 Å². The van der Waals surface area contributed by atoms with Gasteiger partial charge < -0.3 is 9.47 Å². The van der Waals surface area contributed by atoms with Gasteiger partial charge in [-0.3, -0.25) is 4.79 Å². The molecule has 1 aromatic heterocycles. The second-order valence-electron chi connectivity index (χ2n) is 6.33. The van der Waals surface area contributed by atoms with Crippen LogP contribution >= 0.6 is 0 Å². The molecule has 4 heteroatoms. The lowest BCUT2D eigenvalue weighted by Crippen LogP contribution is -2.39. The van der Waals surface area contributed by atoms with Crippen LogP contribution in [0.3, 0.4) is 0 Å². The van der Waals surface area contributed by atoms with Gasteiger partial charge in [0, 0.05) is 37.9 Å². The lowest BCUT2D eigenvalue weighted by atomic mass is 9.95. The number of likely N-dealkylation sites (tertiary alicyclic amines) is 1. The molecular formula is C19H25N3O. The normalized spacial score (nSPS) is 15.8. The Balaban J connectivity index is 1.58. The Morgan fingerprint density at radius 1 is 1.26 bits per heavy atom. The summed E-state index contributed by atoms with van der Waals surface area (Å²) in [6, 6.07) is 8.15. The lowest BCUT2D eigenvalue weighted by molar-refractivity contribution is -0.131. The molecular weight excluding hydrogens is 286 g/mol. The Kier molecular flexibility index (Phi) is 4.79. The van der Waals surface area contributed by atoms with Gasteiger partial charge >= 0.3 is 0 Å². The quantitative estimate of drug-likeness (QED) is 0.870. The van der Waals surface area contributed by atoms with Crippen molar-refractivity contribution in [1.29, 1.82) is 0 Å². The molecule has 1 aromatic carbocycles. The van der Waals surface area contributed by atoms with Crippen molar-refractivity contribution in [3.8, 4) is 0 Å². The van der Waals surface area contributed by atoms with Crippen LogP contribution in [0.25, 0.3) is 0 Å². The monoisotopic (exact) mass is 311 g/mol. The van der Waals surface area contributed by atoms with Crippen LogP contribution in [-0.4, -0.2) is 33.4 Å². The highest BCUT2D eigenvalue weighted by Gasteiger charge is 2.26. The molecule has 122 valence electrons. The molecule has 0 atom stereocenters. The summed E-state index contributed by atoms with van der Waals surface area (Å²) in [5.41, 5.74) is 2.34. The van der Waals surface area contributed by atoms with Crippen molar-refractivity contribution in [1.82, 2.24) is 14.5 Å². The number of nitrogens with zero attached hydrogens (tertiary/aromatic N) is 3. The number of imidazole rings is 1. The van der Waals surface area contributed by atoms with E-state index in [1.54, 1.807) is 0 Å². The number of hydrogen-bond acceptors (Lipinski definition) is 2. The average molecular weight is 311 g/mol.